The molecule has 4 aromatic rings. The number of fused-ring (bicyclic) bond motifs is 6. The molecular weight excluding hydrogens is 324 g/mol. The van der Waals surface area contributed by atoms with Gasteiger partial charge in [0.2, 0.25) is 0 Å². The van der Waals surface area contributed by atoms with E-state index in [0.717, 1.165) is 0 Å². The summed E-state index contributed by atoms with van der Waals surface area (Å²) in [5.74, 6) is 0.450. The zero-order chi connectivity index (χ0) is 18.4. The molecule has 0 radical (unpaired) electrons. The summed E-state index contributed by atoms with van der Waals surface area (Å²) in [5.41, 5.74) is 6.50. The summed E-state index contributed by atoms with van der Waals surface area (Å²) in [6, 6.07) is 24.5. The van der Waals surface area contributed by atoms with Gasteiger partial charge in [0, 0.05) is 0 Å². The highest BCUT2D eigenvalue weighted by molar-refractivity contribution is 6.15. The van der Waals surface area contributed by atoms with Crippen molar-refractivity contribution in [3.8, 4) is 11.1 Å². The molecule has 0 spiro atoms. The fourth-order valence-electron chi connectivity index (χ4n) is 4.09. The van der Waals surface area contributed by atoms with Gasteiger partial charge >= 0.3 is 0 Å². The predicted molar refractivity (Wildman–Crippen MR) is 119 cm³/mol. The Morgan fingerprint density at radius 1 is 0.593 bits per heavy atom. The van der Waals surface area contributed by atoms with E-state index in [0.29, 0.717) is 5.92 Å². The fourth-order valence-corrected chi connectivity index (χ4v) is 4.09. The van der Waals surface area contributed by atoms with E-state index in [-0.39, 0.29) is 0 Å². The highest BCUT2D eigenvalue weighted by Gasteiger charge is 2.13. The predicted octanol–water partition coefficient (Wildman–Crippen LogP) is 7.64. The first kappa shape index (κ1) is 16.1. The zero-order valence-corrected chi connectivity index (χ0v) is 15.7. The maximum absolute atomic E-state index is 2.36. The molecule has 1 aliphatic carbocycles. The molecule has 4 aromatic carbocycles. The summed E-state index contributed by atoms with van der Waals surface area (Å²) >= 11 is 0. The van der Waals surface area contributed by atoms with Crippen LogP contribution in [0.1, 0.15) is 23.6 Å². The van der Waals surface area contributed by atoms with Crippen LogP contribution in [0.5, 0.6) is 0 Å². The highest BCUT2D eigenvalue weighted by Crippen LogP contribution is 2.38. The number of allylic oxidation sites excluding steroid dienone is 2. The topological polar surface area (TPSA) is 0 Å². The molecule has 0 bridgehead atoms. The summed E-state index contributed by atoms with van der Waals surface area (Å²) in [6.07, 6.45) is 9.22. The van der Waals surface area contributed by atoms with Crippen LogP contribution in [0.2, 0.25) is 0 Å². The molecule has 0 aliphatic heterocycles. The van der Waals surface area contributed by atoms with Crippen LogP contribution >= 0.6 is 0 Å². The molecule has 0 fully saturated rings. The zero-order valence-electron chi connectivity index (χ0n) is 15.7. The molecule has 0 saturated carbocycles. The fraction of sp³-hybridized carbons (Fsp3) is 0.111. The molecule has 130 valence electrons. The van der Waals surface area contributed by atoms with Crippen molar-refractivity contribution in [3.05, 3.63) is 95.6 Å². The summed E-state index contributed by atoms with van der Waals surface area (Å²) < 4.78 is 0. The van der Waals surface area contributed by atoms with Gasteiger partial charge in [-0.15, -0.1) is 0 Å². The van der Waals surface area contributed by atoms with Crippen molar-refractivity contribution in [2.75, 3.05) is 0 Å². The van der Waals surface area contributed by atoms with E-state index >= 15 is 0 Å². The third kappa shape index (κ3) is 2.69. The third-order valence-electron chi connectivity index (χ3n) is 5.63. The molecule has 0 heteroatoms. The minimum absolute atomic E-state index is 0.450. The van der Waals surface area contributed by atoms with Crippen molar-refractivity contribution in [1.82, 2.24) is 0 Å². The second-order valence-electron chi connectivity index (χ2n) is 7.58. The van der Waals surface area contributed by atoms with Gasteiger partial charge in [0.15, 0.2) is 0 Å². The lowest BCUT2D eigenvalue weighted by Crippen LogP contribution is -1.90. The largest absolute Gasteiger partial charge is 0.0773 e. The standard InChI is InChI=1S/C27H22/c1-18-7-11-20(12-8-18)21-13-16-26-23-6-4-3-5-22(23)24-14-9-19(2)10-15-25(24)27(26)17-21/h3-17,19H,1-2H3. The number of aryl methyl sites for hydroxylation is 1. The van der Waals surface area contributed by atoms with Gasteiger partial charge in [0.05, 0.1) is 0 Å². The summed E-state index contributed by atoms with van der Waals surface area (Å²) in [4.78, 5) is 0. The first-order valence-electron chi connectivity index (χ1n) is 9.62. The molecule has 0 saturated heterocycles. The molecule has 0 N–H and O–H groups in total. The van der Waals surface area contributed by atoms with Crippen LogP contribution < -0.4 is 0 Å². The second kappa shape index (κ2) is 6.25. The number of hydrogen-bond donors (Lipinski definition) is 0. The van der Waals surface area contributed by atoms with Crippen molar-refractivity contribution in [2.45, 2.75) is 13.8 Å². The first-order valence-corrected chi connectivity index (χ1v) is 9.62. The normalized spacial score (nSPS) is 15.9. The monoisotopic (exact) mass is 346 g/mol. The van der Waals surface area contributed by atoms with E-state index in [1.807, 2.05) is 0 Å². The van der Waals surface area contributed by atoms with E-state index in [1.54, 1.807) is 0 Å². The lowest BCUT2D eigenvalue weighted by atomic mass is 9.89. The quantitative estimate of drug-likeness (QED) is 0.311. The van der Waals surface area contributed by atoms with Gasteiger partial charge in [-0.25, -0.2) is 0 Å². The molecule has 0 heterocycles. The van der Waals surface area contributed by atoms with Crippen molar-refractivity contribution >= 4 is 33.7 Å². The van der Waals surface area contributed by atoms with E-state index in [2.05, 4.69) is 105 Å². The minimum atomic E-state index is 0.450. The Bertz CT molecular complexity index is 1220. The van der Waals surface area contributed by atoms with Crippen LogP contribution in [0.3, 0.4) is 0 Å². The van der Waals surface area contributed by atoms with Gasteiger partial charge in [0.25, 0.3) is 0 Å². The van der Waals surface area contributed by atoms with Crippen molar-refractivity contribution in [3.63, 3.8) is 0 Å². The van der Waals surface area contributed by atoms with E-state index in [4.69, 9.17) is 0 Å². The Morgan fingerprint density at radius 2 is 1.19 bits per heavy atom. The summed E-state index contributed by atoms with van der Waals surface area (Å²) in [7, 11) is 0. The third-order valence-corrected chi connectivity index (χ3v) is 5.63. The molecule has 0 aromatic heterocycles. The Hall–Kier alpha value is -3.12. The SMILES string of the molecule is Cc1ccc(-c2ccc3c(c2)c2c(c4ccccc43)C=CC(C)C=C2)cc1. The maximum Gasteiger partial charge on any atom is -0.00752 e. The van der Waals surface area contributed by atoms with Crippen molar-refractivity contribution in [1.29, 1.82) is 0 Å². The minimum Gasteiger partial charge on any atom is -0.0773 e. The Kier molecular flexibility index (Phi) is 3.72. The van der Waals surface area contributed by atoms with Crippen molar-refractivity contribution in [2.24, 2.45) is 5.92 Å². The molecule has 0 amide bonds. The van der Waals surface area contributed by atoms with E-state index in [1.165, 1.54) is 49.4 Å². The van der Waals surface area contributed by atoms with Gasteiger partial charge in [-0.1, -0.05) is 97.5 Å². The lowest BCUT2D eigenvalue weighted by Gasteiger charge is -2.14. The van der Waals surface area contributed by atoms with Gasteiger partial charge in [-0.3, -0.25) is 0 Å². The molecular formula is C27H22. The van der Waals surface area contributed by atoms with Crippen LogP contribution in [0.25, 0.3) is 44.8 Å². The number of rotatable bonds is 1. The average Bonchev–Trinajstić information content (AvgIpc) is 2.90. The summed E-state index contributed by atoms with van der Waals surface area (Å²) in [5, 5.41) is 5.32. The smallest absolute Gasteiger partial charge is 0.00752 e. The maximum atomic E-state index is 2.36. The highest BCUT2D eigenvalue weighted by atomic mass is 14.2. The van der Waals surface area contributed by atoms with Gasteiger partial charge in [-0.05, 0) is 62.7 Å². The van der Waals surface area contributed by atoms with Crippen LogP contribution in [0.4, 0.5) is 0 Å². The molecule has 1 aliphatic rings. The second-order valence-corrected chi connectivity index (χ2v) is 7.58. The van der Waals surface area contributed by atoms with Gasteiger partial charge in [-0.2, -0.15) is 0 Å². The number of benzene rings is 4. The van der Waals surface area contributed by atoms with Gasteiger partial charge < -0.3 is 0 Å². The number of hydrogen-bond acceptors (Lipinski definition) is 0. The van der Waals surface area contributed by atoms with Crippen LogP contribution in [-0.4, -0.2) is 0 Å². The molecule has 1 unspecified atom stereocenters. The summed E-state index contributed by atoms with van der Waals surface area (Å²) in [6.45, 7) is 4.37. The van der Waals surface area contributed by atoms with Crippen LogP contribution in [0.15, 0.2) is 78.9 Å². The Balaban J connectivity index is 1.87. The first-order chi connectivity index (χ1) is 13.2. The molecule has 5 rings (SSSR count). The van der Waals surface area contributed by atoms with E-state index < -0.39 is 0 Å². The lowest BCUT2D eigenvalue weighted by molar-refractivity contribution is 0.954. The molecule has 27 heavy (non-hydrogen) atoms. The van der Waals surface area contributed by atoms with E-state index in [9.17, 15) is 0 Å². The van der Waals surface area contributed by atoms with Crippen LogP contribution in [-0.2, 0) is 0 Å². The molecule has 0 nitrogen and oxygen atoms in total. The van der Waals surface area contributed by atoms with Gasteiger partial charge in [0.1, 0.15) is 0 Å². The van der Waals surface area contributed by atoms with Crippen LogP contribution in [0, 0.1) is 12.8 Å². The van der Waals surface area contributed by atoms with Crippen molar-refractivity contribution < 1.29 is 0 Å². The Morgan fingerprint density at radius 3 is 1.93 bits per heavy atom. The Labute approximate surface area is 160 Å². The molecule has 1 atom stereocenters. The average molecular weight is 346 g/mol.